The van der Waals surface area contributed by atoms with Crippen molar-refractivity contribution < 1.29 is 4.74 Å². The number of rotatable bonds is 2. The number of halogens is 1. The molecule has 0 aromatic carbocycles. The fraction of sp³-hybridized carbons (Fsp3) is 0.615. The van der Waals surface area contributed by atoms with E-state index >= 15 is 0 Å². The highest BCUT2D eigenvalue weighted by molar-refractivity contribution is 9.10. The normalized spacial score (nSPS) is 25.1. The molecule has 3 nitrogen and oxygen atoms in total. The Bertz CT molecular complexity index is 397. The summed E-state index contributed by atoms with van der Waals surface area (Å²) >= 11 is 3.48. The van der Waals surface area contributed by atoms with E-state index in [1.54, 1.807) is 7.11 Å². The Labute approximate surface area is 111 Å². The van der Waals surface area contributed by atoms with Gasteiger partial charge in [0.2, 0.25) is 0 Å². The number of nitrogens with zero attached hydrogens (tertiary/aromatic N) is 2. The molecule has 1 fully saturated rings. The summed E-state index contributed by atoms with van der Waals surface area (Å²) in [6.45, 7) is 6.35. The summed E-state index contributed by atoms with van der Waals surface area (Å²) in [5.74, 6) is 1.69. The second-order valence-corrected chi connectivity index (χ2v) is 5.63. The molecular formula is C13H19BrN2O. The molecule has 1 aliphatic rings. The van der Waals surface area contributed by atoms with Crippen molar-refractivity contribution in [1.29, 1.82) is 0 Å². The SMILES string of the molecule is COC1CN(c2cc(C)c(Br)cn2)CCC1C. The summed E-state index contributed by atoms with van der Waals surface area (Å²) in [5.41, 5.74) is 1.22. The number of methoxy groups -OCH3 is 1. The molecule has 0 bridgehead atoms. The first-order valence-electron chi connectivity index (χ1n) is 6.01. The first-order valence-corrected chi connectivity index (χ1v) is 6.81. The molecule has 1 aromatic heterocycles. The third-order valence-corrected chi connectivity index (χ3v) is 4.38. The lowest BCUT2D eigenvalue weighted by atomic mass is 9.96. The quantitative estimate of drug-likeness (QED) is 0.839. The van der Waals surface area contributed by atoms with Crippen LogP contribution in [0.1, 0.15) is 18.9 Å². The number of anilines is 1. The minimum absolute atomic E-state index is 0.314. The molecule has 2 heterocycles. The highest BCUT2D eigenvalue weighted by atomic mass is 79.9. The van der Waals surface area contributed by atoms with Gasteiger partial charge in [-0.2, -0.15) is 0 Å². The zero-order valence-electron chi connectivity index (χ0n) is 10.6. The van der Waals surface area contributed by atoms with Gasteiger partial charge in [0, 0.05) is 30.9 Å². The van der Waals surface area contributed by atoms with Crippen LogP contribution in [0.4, 0.5) is 5.82 Å². The molecule has 17 heavy (non-hydrogen) atoms. The topological polar surface area (TPSA) is 25.4 Å². The lowest BCUT2D eigenvalue weighted by molar-refractivity contribution is 0.0496. The van der Waals surface area contributed by atoms with Crippen molar-refractivity contribution in [1.82, 2.24) is 4.98 Å². The van der Waals surface area contributed by atoms with Crippen molar-refractivity contribution in [2.24, 2.45) is 5.92 Å². The minimum atomic E-state index is 0.314. The van der Waals surface area contributed by atoms with E-state index in [4.69, 9.17) is 4.74 Å². The highest BCUT2D eigenvalue weighted by Crippen LogP contribution is 2.25. The number of piperidine rings is 1. The van der Waals surface area contributed by atoms with Crippen LogP contribution in [0.3, 0.4) is 0 Å². The van der Waals surface area contributed by atoms with Crippen LogP contribution in [0, 0.1) is 12.8 Å². The molecule has 0 radical (unpaired) electrons. The predicted octanol–water partition coefficient (Wildman–Crippen LogP) is 3.01. The molecule has 94 valence electrons. The number of hydrogen-bond donors (Lipinski definition) is 0. The number of pyridine rings is 1. The molecule has 2 rings (SSSR count). The Hall–Kier alpha value is -0.610. The van der Waals surface area contributed by atoms with Gasteiger partial charge in [-0.25, -0.2) is 4.98 Å². The summed E-state index contributed by atoms with van der Waals surface area (Å²) in [7, 11) is 1.80. The number of ether oxygens (including phenoxy) is 1. The number of hydrogen-bond acceptors (Lipinski definition) is 3. The summed E-state index contributed by atoms with van der Waals surface area (Å²) in [6, 6.07) is 2.13. The zero-order valence-corrected chi connectivity index (χ0v) is 12.2. The third kappa shape index (κ3) is 2.80. The first kappa shape index (κ1) is 12.8. The molecule has 0 N–H and O–H groups in total. The summed E-state index contributed by atoms with van der Waals surface area (Å²) in [6.07, 6.45) is 3.36. The van der Waals surface area contributed by atoms with E-state index in [9.17, 15) is 0 Å². The second kappa shape index (κ2) is 5.36. The molecule has 2 atom stereocenters. The maximum atomic E-state index is 5.53. The smallest absolute Gasteiger partial charge is 0.128 e. The van der Waals surface area contributed by atoms with Gasteiger partial charge in [-0.3, -0.25) is 0 Å². The number of aryl methyl sites for hydroxylation is 1. The molecule has 1 saturated heterocycles. The Morgan fingerprint density at radius 2 is 2.29 bits per heavy atom. The Morgan fingerprint density at radius 1 is 1.53 bits per heavy atom. The highest BCUT2D eigenvalue weighted by Gasteiger charge is 2.26. The van der Waals surface area contributed by atoms with Gasteiger partial charge in [-0.15, -0.1) is 0 Å². The van der Waals surface area contributed by atoms with Crippen LogP contribution in [-0.4, -0.2) is 31.3 Å². The van der Waals surface area contributed by atoms with Crippen LogP contribution in [0.15, 0.2) is 16.7 Å². The summed E-state index contributed by atoms with van der Waals surface area (Å²) in [4.78, 5) is 6.79. The van der Waals surface area contributed by atoms with Crippen LogP contribution in [-0.2, 0) is 4.74 Å². The molecule has 0 aliphatic carbocycles. The first-order chi connectivity index (χ1) is 8.11. The van der Waals surface area contributed by atoms with Gasteiger partial charge in [-0.05, 0) is 46.8 Å². The fourth-order valence-electron chi connectivity index (χ4n) is 2.25. The average Bonchev–Trinajstić information content (AvgIpc) is 2.33. The summed E-state index contributed by atoms with van der Waals surface area (Å²) in [5, 5.41) is 0. The molecule has 1 aliphatic heterocycles. The van der Waals surface area contributed by atoms with Gasteiger partial charge in [0.1, 0.15) is 5.82 Å². The lowest BCUT2D eigenvalue weighted by Gasteiger charge is -2.37. The van der Waals surface area contributed by atoms with Crippen LogP contribution in [0.5, 0.6) is 0 Å². The van der Waals surface area contributed by atoms with Gasteiger partial charge in [0.05, 0.1) is 6.10 Å². The van der Waals surface area contributed by atoms with Crippen LogP contribution < -0.4 is 4.90 Å². The van der Waals surface area contributed by atoms with Gasteiger partial charge >= 0.3 is 0 Å². The molecule has 1 aromatic rings. The van der Waals surface area contributed by atoms with E-state index in [-0.39, 0.29) is 0 Å². The monoisotopic (exact) mass is 298 g/mol. The predicted molar refractivity (Wildman–Crippen MR) is 73.5 cm³/mol. The zero-order chi connectivity index (χ0) is 12.4. The summed E-state index contributed by atoms with van der Waals surface area (Å²) < 4.78 is 6.60. The standard InChI is InChI=1S/C13H19BrN2O/c1-9-4-5-16(8-12(9)17-3)13-6-10(2)11(14)7-15-13/h6-7,9,12H,4-5,8H2,1-3H3. The van der Waals surface area contributed by atoms with E-state index < -0.39 is 0 Å². The molecule has 0 spiro atoms. The van der Waals surface area contributed by atoms with Gasteiger partial charge in [-0.1, -0.05) is 6.92 Å². The largest absolute Gasteiger partial charge is 0.379 e. The minimum Gasteiger partial charge on any atom is -0.379 e. The van der Waals surface area contributed by atoms with E-state index in [0.717, 1.165) is 29.8 Å². The van der Waals surface area contributed by atoms with Gasteiger partial charge < -0.3 is 9.64 Å². The number of aromatic nitrogens is 1. The lowest BCUT2D eigenvalue weighted by Crippen LogP contribution is -2.44. The third-order valence-electron chi connectivity index (χ3n) is 3.55. The van der Waals surface area contributed by atoms with Crippen molar-refractivity contribution in [2.45, 2.75) is 26.4 Å². The average molecular weight is 299 g/mol. The van der Waals surface area contributed by atoms with E-state index in [1.165, 1.54) is 5.56 Å². The maximum Gasteiger partial charge on any atom is 0.128 e. The maximum absolute atomic E-state index is 5.53. The van der Waals surface area contributed by atoms with Crippen molar-refractivity contribution >= 4 is 21.7 Å². The Balaban J connectivity index is 2.14. The van der Waals surface area contributed by atoms with Crippen molar-refractivity contribution in [2.75, 3.05) is 25.1 Å². The molecule has 4 heteroatoms. The molecule has 2 unspecified atom stereocenters. The van der Waals surface area contributed by atoms with Gasteiger partial charge in [0.25, 0.3) is 0 Å². The van der Waals surface area contributed by atoms with Crippen molar-refractivity contribution in [3.63, 3.8) is 0 Å². The van der Waals surface area contributed by atoms with Gasteiger partial charge in [0.15, 0.2) is 0 Å². The Kier molecular flexibility index (Phi) is 4.05. The fourth-order valence-corrected chi connectivity index (χ4v) is 2.46. The molecular weight excluding hydrogens is 280 g/mol. The molecule has 0 saturated carbocycles. The van der Waals surface area contributed by atoms with E-state index in [0.29, 0.717) is 12.0 Å². The van der Waals surface area contributed by atoms with Crippen molar-refractivity contribution in [3.8, 4) is 0 Å². The van der Waals surface area contributed by atoms with E-state index in [1.807, 2.05) is 6.20 Å². The second-order valence-electron chi connectivity index (χ2n) is 4.78. The van der Waals surface area contributed by atoms with Crippen LogP contribution in [0.2, 0.25) is 0 Å². The van der Waals surface area contributed by atoms with E-state index in [2.05, 4.69) is 45.7 Å². The van der Waals surface area contributed by atoms with Crippen molar-refractivity contribution in [3.05, 3.63) is 22.3 Å². The molecule has 0 amide bonds. The van der Waals surface area contributed by atoms with Crippen LogP contribution in [0.25, 0.3) is 0 Å². The Morgan fingerprint density at radius 3 is 2.94 bits per heavy atom. The van der Waals surface area contributed by atoms with Crippen LogP contribution >= 0.6 is 15.9 Å².